The van der Waals surface area contributed by atoms with E-state index in [4.69, 9.17) is 9.84 Å². The largest absolute Gasteiger partial charge is 0.481 e. The number of carbonyl (C=O) groups excluding carboxylic acids is 1. The van der Waals surface area contributed by atoms with Gasteiger partial charge in [-0.1, -0.05) is 25.7 Å². The van der Waals surface area contributed by atoms with Crippen molar-refractivity contribution in [2.75, 3.05) is 6.54 Å². The third kappa shape index (κ3) is 4.11. The molecular weight excluding hydrogens is 246 g/mol. The fourth-order valence-corrected chi connectivity index (χ4v) is 3.03. The number of nitrogens with zero attached hydrogens (tertiary/aromatic N) is 1. The van der Waals surface area contributed by atoms with Crippen LogP contribution in [0.4, 0.5) is 4.79 Å². The molecule has 1 unspecified atom stereocenters. The van der Waals surface area contributed by atoms with E-state index in [0.29, 0.717) is 19.0 Å². The van der Waals surface area contributed by atoms with Crippen LogP contribution in [0.1, 0.15) is 57.8 Å². The first-order valence-electron chi connectivity index (χ1n) is 7.36. The highest BCUT2D eigenvalue weighted by molar-refractivity contribution is 5.69. The molecule has 0 aromatic rings. The maximum Gasteiger partial charge on any atom is 0.410 e. The Labute approximate surface area is 113 Å². The van der Waals surface area contributed by atoms with Gasteiger partial charge in [0, 0.05) is 25.4 Å². The molecule has 1 aliphatic heterocycles. The molecule has 0 bridgehead atoms. The third-order valence-corrected chi connectivity index (χ3v) is 4.14. The van der Waals surface area contributed by atoms with Crippen LogP contribution in [0.5, 0.6) is 0 Å². The highest BCUT2D eigenvalue weighted by atomic mass is 16.6. The van der Waals surface area contributed by atoms with Crippen molar-refractivity contribution in [2.24, 2.45) is 0 Å². The van der Waals surface area contributed by atoms with Gasteiger partial charge < -0.3 is 14.7 Å². The van der Waals surface area contributed by atoms with Crippen molar-refractivity contribution < 1.29 is 19.4 Å². The Hall–Kier alpha value is -1.26. The van der Waals surface area contributed by atoms with Crippen molar-refractivity contribution in [1.82, 2.24) is 4.90 Å². The second kappa shape index (κ2) is 6.78. The molecule has 0 aromatic carbocycles. The molecule has 2 rings (SSSR count). The molecule has 108 valence electrons. The van der Waals surface area contributed by atoms with Crippen LogP contribution in [-0.4, -0.2) is 40.8 Å². The highest BCUT2D eigenvalue weighted by Gasteiger charge is 2.32. The van der Waals surface area contributed by atoms with Crippen LogP contribution in [0.25, 0.3) is 0 Å². The average Bonchev–Trinajstić information content (AvgIpc) is 2.65. The van der Waals surface area contributed by atoms with Crippen LogP contribution in [-0.2, 0) is 9.53 Å². The van der Waals surface area contributed by atoms with Gasteiger partial charge in [-0.15, -0.1) is 0 Å². The molecule has 0 aromatic heterocycles. The zero-order valence-electron chi connectivity index (χ0n) is 11.3. The molecule has 0 radical (unpaired) electrons. The number of carboxylic acids is 1. The second-order valence-electron chi connectivity index (χ2n) is 5.57. The molecule has 1 saturated heterocycles. The monoisotopic (exact) mass is 269 g/mol. The fourth-order valence-electron chi connectivity index (χ4n) is 3.03. The summed E-state index contributed by atoms with van der Waals surface area (Å²) in [6.45, 7) is 0.716. The van der Waals surface area contributed by atoms with Crippen LogP contribution >= 0.6 is 0 Å². The number of carbonyl (C=O) groups is 2. The Morgan fingerprint density at radius 2 is 1.89 bits per heavy atom. The minimum absolute atomic E-state index is 0.0708. The first-order chi connectivity index (χ1) is 9.16. The molecule has 5 nitrogen and oxygen atoms in total. The molecule has 1 atom stereocenters. The SMILES string of the molecule is O=C(O)CCC1CCN(C2CCCCCC2)C(=O)O1. The maximum absolute atomic E-state index is 12.0. The van der Waals surface area contributed by atoms with E-state index in [2.05, 4.69) is 0 Å². The van der Waals surface area contributed by atoms with Crippen LogP contribution < -0.4 is 0 Å². The zero-order valence-corrected chi connectivity index (χ0v) is 11.3. The summed E-state index contributed by atoms with van der Waals surface area (Å²) in [5.74, 6) is -0.831. The van der Waals surface area contributed by atoms with E-state index < -0.39 is 5.97 Å². The number of hydrogen-bond acceptors (Lipinski definition) is 3. The van der Waals surface area contributed by atoms with Crippen molar-refractivity contribution in [3.63, 3.8) is 0 Å². The topological polar surface area (TPSA) is 66.8 Å². The van der Waals surface area contributed by atoms with Crippen LogP contribution in [0.15, 0.2) is 0 Å². The van der Waals surface area contributed by atoms with E-state index in [9.17, 15) is 9.59 Å². The molecule has 19 heavy (non-hydrogen) atoms. The molecule has 1 saturated carbocycles. The van der Waals surface area contributed by atoms with Gasteiger partial charge in [-0.05, 0) is 19.3 Å². The summed E-state index contributed by atoms with van der Waals surface area (Å²) in [5.41, 5.74) is 0. The predicted octanol–water partition coefficient (Wildman–Crippen LogP) is 2.78. The summed E-state index contributed by atoms with van der Waals surface area (Å²) in [6, 6.07) is 0.329. The first kappa shape index (κ1) is 14.2. The number of cyclic esters (lactones) is 1. The van der Waals surface area contributed by atoms with Gasteiger partial charge >= 0.3 is 12.1 Å². The maximum atomic E-state index is 12.0. The average molecular weight is 269 g/mol. The van der Waals surface area contributed by atoms with Crippen molar-refractivity contribution in [2.45, 2.75) is 69.9 Å². The zero-order chi connectivity index (χ0) is 13.7. The normalized spacial score (nSPS) is 25.8. The molecule has 1 amide bonds. The third-order valence-electron chi connectivity index (χ3n) is 4.14. The van der Waals surface area contributed by atoms with Crippen molar-refractivity contribution in [3.8, 4) is 0 Å². The molecular formula is C14H23NO4. The molecule has 1 N–H and O–H groups in total. The van der Waals surface area contributed by atoms with Crippen molar-refractivity contribution >= 4 is 12.1 Å². The van der Waals surface area contributed by atoms with Gasteiger partial charge in [-0.2, -0.15) is 0 Å². The number of rotatable bonds is 4. The van der Waals surface area contributed by atoms with E-state index in [1.54, 1.807) is 0 Å². The van der Waals surface area contributed by atoms with Gasteiger partial charge in [0.1, 0.15) is 6.10 Å². The summed E-state index contributed by atoms with van der Waals surface area (Å²) in [4.78, 5) is 24.4. The smallest absolute Gasteiger partial charge is 0.410 e. The van der Waals surface area contributed by atoms with Gasteiger partial charge in [-0.25, -0.2) is 4.79 Å². The fraction of sp³-hybridized carbons (Fsp3) is 0.857. The highest BCUT2D eigenvalue weighted by Crippen LogP contribution is 2.26. The Bertz CT molecular complexity index is 323. The Morgan fingerprint density at radius 1 is 1.21 bits per heavy atom. The number of hydrogen-bond donors (Lipinski definition) is 1. The van der Waals surface area contributed by atoms with E-state index >= 15 is 0 Å². The summed E-state index contributed by atoms with van der Waals surface area (Å²) in [6.07, 6.45) is 7.87. The lowest BCUT2D eigenvalue weighted by Crippen LogP contribution is -2.47. The minimum atomic E-state index is -0.831. The number of carboxylic acid groups (broad SMARTS) is 1. The Kier molecular flexibility index (Phi) is 5.05. The number of aliphatic carboxylic acids is 1. The number of ether oxygens (including phenoxy) is 1. The molecule has 2 fully saturated rings. The molecule has 5 heteroatoms. The van der Waals surface area contributed by atoms with E-state index in [0.717, 1.165) is 19.3 Å². The minimum Gasteiger partial charge on any atom is -0.481 e. The van der Waals surface area contributed by atoms with E-state index in [-0.39, 0.29) is 18.6 Å². The lowest BCUT2D eigenvalue weighted by molar-refractivity contribution is -0.137. The molecule has 1 heterocycles. The lowest BCUT2D eigenvalue weighted by atomic mass is 10.0. The standard InChI is InChI=1S/C14H23NO4/c16-13(17)8-7-12-9-10-15(14(18)19-12)11-5-3-1-2-4-6-11/h11-12H,1-10H2,(H,16,17). The van der Waals surface area contributed by atoms with Crippen molar-refractivity contribution in [3.05, 3.63) is 0 Å². The van der Waals surface area contributed by atoms with Gasteiger partial charge in [0.2, 0.25) is 0 Å². The van der Waals surface area contributed by atoms with Gasteiger partial charge in [0.05, 0.1) is 0 Å². The van der Waals surface area contributed by atoms with Crippen LogP contribution in [0.3, 0.4) is 0 Å². The Balaban J connectivity index is 1.82. The van der Waals surface area contributed by atoms with E-state index in [1.165, 1.54) is 25.7 Å². The van der Waals surface area contributed by atoms with E-state index in [1.807, 2.05) is 4.90 Å². The van der Waals surface area contributed by atoms with Crippen LogP contribution in [0.2, 0.25) is 0 Å². The summed E-state index contributed by atoms with van der Waals surface area (Å²) >= 11 is 0. The summed E-state index contributed by atoms with van der Waals surface area (Å²) in [7, 11) is 0. The lowest BCUT2D eigenvalue weighted by Gasteiger charge is -2.36. The van der Waals surface area contributed by atoms with Gasteiger partial charge in [-0.3, -0.25) is 4.79 Å². The molecule has 0 spiro atoms. The molecule has 1 aliphatic carbocycles. The van der Waals surface area contributed by atoms with Crippen molar-refractivity contribution in [1.29, 1.82) is 0 Å². The predicted molar refractivity (Wildman–Crippen MR) is 70.0 cm³/mol. The molecule has 2 aliphatic rings. The van der Waals surface area contributed by atoms with Crippen LogP contribution in [0, 0.1) is 0 Å². The quantitative estimate of drug-likeness (QED) is 0.797. The first-order valence-corrected chi connectivity index (χ1v) is 7.36. The second-order valence-corrected chi connectivity index (χ2v) is 5.57. The van der Waals surface area contributed by atoms with Gasteiger partial charge in [0.15, 0.2) is 0 Å². The summed E-state index contributed by atoms with van der Waals surface area (Å²) < 4.78 is 5.37. The Morgan fingerprint density at radius 3 is 2.47 bits per heavy atom. The number of amides is 1. The van der Waals surface area contributed by atoms with Gasteiger partial charge in [0.25, 0.3) is 0 Å². The summed E-state index contributed by atoms with van der Waals surface area (Å²) in [5, 5.41) is 8.65.